The summed E-state index contributed by atoms with van der Waals surface area (Å²) in [5.74, 6) is -3.47. The average Bonchev–Trinajstić information content (AvgIpc) is 2.79. The van der Waals surface area contributed by atoms with Crippen molar-refractivity contribution in [3.05, 3.63) is 34.1 Å². The molecule has 10 heteroatoms. The van der Waals surface area contributed by atoms with Gasteiger partial charge in [-0.2, -0.15) is 0 Å². The highest BCUT2D eigenvalue weighted by Gasteiger charge is 2.33. The number of benzene rings is 1. The van der Waals surface area contributed by atoms with Crippen molar-refractivity contribution in [1.82, 2.24) is 0 Å². The van der Waals surface area contributed by atoms with E-state index in [1.807, 2.05) is 0 Å². The molecule has 0 saturated heterocycles. The molecule has 1 aromatic rings. The van der Waals surface area contributed by atoms with Crippen LogP contribution < -0.4 is 4.90 Å². The first-order chi connectivity index (χ1) is 15.2. The number of halogens is 2. The predicted octanol–water partition coefficient (Wildman–Crippen LogP) is 4.45. The first-order valence-electron chi connectivity index (χ1n) is 10.2. The molecular weight excluding hydrogens is 461 g/mol. The number of carbonyl (C=O) groups excluding carboxylic acids is 4. The molecule has 1 aromatic carbocycles. The molecule has 32 heavy (non-hydrogen) atoms. The highest BCUT2D eigenvalue weighted by Crippen LogP contribution is 2.36. The Balaban J connectivity index is 2.51. The van der Waals surface area contributed by atoms with E-state index in [0.717, 1.165) is 22.7 Å². The maximum atomic E-state index is 14.9. The van der Waals surface area contributed by atoms with Crippen LogP contribution in [-0.4, -0.2) is 43.2 Å². The van der Waals surface area contributed by atoms with E-state index in [-0.39, 0.29) is 47.1 Å². The molecule has 0 heterocycles. The third kappa shape index (κ3) is 6.10. The number of thioether (sulfide) groups is 1. The van der Waals surface area contributed by atoms with Gasteiger partial charge in [0, 0.05) is 22.5 Å². The van der Waals surface area contributed by atoms with Crippen molar-refractivity contribution in [2.45, 2.75) is 50.8 Å². The van der Waals surface area contributed by atoms with Crippen molar-refractivity contribution in [1.29, 1.82) is 0 Å². The molecular formula is C22H25ClFNO6S. The van der Waals surface area contributed by atoms with E-state index in [4.69, 9.17) is 21.1 Å². The molecule has 174 valence electrons. The molecule has 1 aliphatic carbocycles. The smallest absolute Gasteiger partial charge is 0.334 e. The molecule has 7 nitrogen and oxygen atoms in total. The summed E-state index contributed by atoms with van der Waals surface area (Å²) in [4.78, 5) is 51.0. The van der Waals surface area contributed by atoms with Gasteiger partial charge in [0.25, 0.3) is 5.91 Å². The zero-order chi connectivity index (χ0) is 23.8. The van der Waals surface area contributed by atoms with E-state index >= 15 is 0 Å². The third-order valence-electron chi connectivity index (χ3n) is 4.81. The fourth-order valence-corrected chi connectivity index (χ4v) is 4.34. The van der Waals surface area contributed by atoms with Crippen LogP contribution in [-0.2, 0) is 28.7 Å². The summed E-state index contributed by atoms with van der Waals surface area (Å²) in [6, 6.07) is 2.25. The lowest BCUT2D eigenvalue weighted by molar-refractivity contribution is -0.140. The van der Waals surface area contributed by atoms with E-state index in [2.05, 4.69) is 0 Å². The Morgan fingerprint density at radius 3 is 2.38 bits per heavy atom. The molecule has 0 saturated carbocycles. The van der Waals surface area contributed by atoms with Crippen molar-refractivity contribution in [2.24, 2.45) is 0 Å². The van der Waals surface area contributed by atoms with Gasteiger partial charge in [-0.1, -0.05) is 18.5 Å². The summed E-state index contributed by atoms with van der Waals surface area (Å²) in [6.07, 6.45) is 1.90. The molecule has 0 spiro atoms. The Hall–Kier alpha value is -2.39. The van der Waals surface area contributed by atoms with Crippen LogP contribution in [0.1, 0.15) is 46.0 Å². The lowest BCUT2D eigenvalue weighted by Crippen LogP contribution is -2.39. The SMILES string of the molecule is CCOC(=O)CSc1cc(N(C(=O)CC)C(=O)C2=C(C(=O)OC)CCCC2)c(F)cc1Cl. The van der Waals surface area contributed by atoms with Crippen LogP contribution in [0.4, 0.5) is 10.1 Å². The highest BCUT2D eigenvalue weighted by molar-refractivity contribution is 8.00. The Bertz CT molecular complexity index is 949. The minimum absolute atomic E-state index is 0.0315. The molecule has 0 N–H and O–H groups in total. The van der Waals surface area contributed by atoms with Crippen LogP contribution in [0.15, 0.2) is 28.2 Å². The maximum absolute atomic E-state index is 14.9. The number of ether oxygens (including phenoxy) is 2. The zero-order valence-electron chi connectivity index (χ0n) is 18.2. The summed E-state index contributed by atoms with van der Waals surface area (Å²) in [5, 5.41) is 0.0315. The molecule has 2 amide bonds. The van der Waals surface area contributed by atoms with E-state index in [1.54, 1.807) is 13.8 Å². The van der Waals surface area contributed by atoms with Crippen molar-refractivity contribution < 1.29 is 33.0 Å². The van der Waals surface area contributed by atoms with E-state index in [9.17, 15) is 23.6 Å². The van der Waals surface area contributed by atoms with Gasteiger partial charge < -0.3 is 9.47 Å². The monoisotopic (exact) mass is 485 g/mol. The topological polar surface area (TPSA) is 90.0 Å². The summed E-state index contributed by atoms with van der Waals surface area (Å²) in [5.41, 5.74) is 0.0452. The van der Waals surface area contributed by atoms with E-state index in [0.29, 0.717) is 24.2 Å². The number of hydrogen-bond acceptors (Lipinski definition) is 7. The number of anilines is 1. The van der Waals surface area contributed by atoms with Gasteiger partial charge in [-0.3, -0.25) is 14.4 Å². The minimum Gasteiger partial charge on any atom is -0.466 e. The van der Waals surface area contributed by atoms with Crippen molar-refractivity contribution >= 4 is 52.8 Å². The molecule has 0 unspecified atom stereocenters. The van der Waals surface area contributed by atoms with Gasteiger partial charge in [-0.15, -0.1) is 11.8 Å². The number of amides is 2. The first kappa shape index (κ1) is 25.9. The second-order valence-corrected chi connectivity index (χ2v) is 8.30. The van der Waals surface area contributed by atoms with E-state index < -0.39 is 29.6 Å². The molecule has 0 atom stereocenters. The summed E-state index contributed by atoms with van der Waals surface area (Å²) < 4.78 is 24.6. The van der Waals surface area contributed by atoms with Gasteiger partial charge in [-0.25, -0.2) is 14.1 Å². The second-order valence-electron chi connectivity index (χ2n) is 6.87. The number of rotatable bonds is 8. The molecule has 0 aromatic heterocycles. The molecule has 2 rings (SSSR count). The molecule has 0 bridgehead atoms. The molecule has 0 fully saturated rings. The number of hydrogen-bond donors (Lipinski definition) is 0. The number of carbonyl (C=O) groups is 4. The second kappa shape index (κ2) is 12.0. The van der Waals surface area contributed by atoms with Crippen LogP contribution in [0.25, 0.3) is 0 Å². The third-order valence-corrected chi connectivity index (χ3v) is 6.26. The Morgan fingerprint density at radius 2 is 1.78 bits per heavy atom. The van der Waals surface area contributed by atoms with Gasteiger partial charge in [-0.05, 0) is 44.7 Å². The standard InChI is InChI=1S/C22H25ClFNO6S/c1-4-19(26)25(21(28)13-8-6-7-9-14(13)22(29)30-3)17-11-18(15(23)10-16(17)24)32-12-20(27)31-5-2/h10-11H,4-9,12H2,1-3H3. The summed E-state index contributed by atoms with van der Waals surface area (Å²) in [6.45, 7) is 3.43. The largest absolute Gasteiger partial charge is 0.466 e. The van der Waals surface area contributed by atoms with Crippen molar-refractivity contribution in [3.63, 3.8) is 0 Å². The Morgan fingerprint density at radius 1 is 1.12 bits per heavy atom. The van der Waals surface area contributed by atoms with Crippen molar-refractivity contribution in [3.8, 4) is 0 Å². The van der Waals surface area contributed by atoms with Gasteiger partial charge >= 0.3 is 11.9 Å². The lowest BCUT2D eigenvalue weighted by Gasteiger charge is -2.26. The maximum Gasteiger partial charge on any atom is 0.334 e. The van der Waals surface area contributed by atoms with Crippen molar-refractivity contribution in [2.75, 3.05) is 24.4 Å². The zero-order valence-corrected chi connectivity index (χ0v) is 19.7. The Kier molecular flexibility index (Phi) is 9.71. The Labute approximate surface area is 195 Å². The van der Waals surface area contributed by atoms with Gasteiger partial charge in [0.05, 0.1) is 30.2 Å². The number of esters is 2. The molecule has 0 radical (unpaired) electrons. The summed E-state index contributed by atoms with van der Waals surface area (Å²) >= 11 is 7.12. The van der Waals surface area contributed by atoms with E-state index in [1.165, 1.54) is 13.2 Å². The average molecular weight is 486 g/mol. The molecule has 1 aliphatic rings. The first-order valence-corrected chi connectivity index (χ1v) is 11.6. The van der Waals surface area contributed by atoms with Gasteiger partial charge in [0.1, 0.15) is 5.82 Å². The van der Waals surface area contributed by atoms with Crippen LogP contribution in [0.2, 0.25) is 5.02 Å². The quantitative estimate of drug-likeness (QED) is 0.397. The number of methoxy groups -OCH3 is 1. The number of nitrogens with zero attached hydrogens (tertiary/aromatic N) is 1. The van der Waals surface area contributed by atoms with Gasteiger partial charge in [0.15, 0.2) is 0 Å². The highest BCUT2D eigenvalue weighted by atomic mass is 35.5. The predicted molar refractivity (Wildman–Crippen MR) is 119 cm³/mol. The van der Waals surface area contributed by atoms with Gasteiger partial charge in [0.2, 0.25) is 5.91 Å². The van der Waals surface area contributed by atoms with Crippen LogP contribution >= 0.6 is 23.4 Å². The van der Waals surface area contributed by atoms with Crippen LogP contribution in [0, 0.1) is 5.82 Å². The minimum atomic E-state index is -0.873. The van der Waals surface area contributed by atoms with Crippen LogP contribution in [0.3, 0.4) is 0 Å². The number of imide groups is 1. The summed E-state index contributed by atoms with van der Waals surface area (Å²) in [7, 11) is 1.22. The molecule has 0 aliphatic heterocycles. The fraction of sp³-hybridized carbons (Fsp3) is 0.455. The van der Waals surface area contributed by atoms with Crippen LogP contribution in [0.5, 0.6) is 0 Å². The lowest BCUT2D eigenvalue weighted by atomic mass is 9.90. The fourth-order valence-electron chi connectivity index (χ4n) is 3.28. The normalized spacial score (nSPS) is 13.5.